The summed E-state index contributed by atoms with van der Waals surface area (Å²) in [6.07, 6.45) is 7.14. The molecule has 1 aliphatic carbocycles. The molecule has 1 aromatic rings. The third-order valence-corrected chi connectivity index (χ3v) is 5.08. The molecule has 0 aromatic carbocycles. The van der Waals surface area contributed by atoms with Gasteiger partial charge in [-0.15, -0.1) is 0 Å². The lowest BCUT2D eigenvalue weighted by atomic mass is 9.81. The molecule has 1 N–H and O–H groups in total. The fourth-order valence-electron chi connectivity index (χ4n) is 3.71. The predicted octanol–water partition coefficient (Wildman–Crippen LogP) is 1.82. The molecular weight excluding hydrogens is 306 g/mol. The lowest BCUT2D eigenvalue weighted by Crippen LogP contribution is -2.36. The number of hydrogen-bond acceptors (Lipinski definition) is 4. The number of likely N-dealkylation sites (tertiary alicyclic amines) is 1. The Labute approximate surface area is 141 Å². The number of pyridine rings is 1. The number of aromatic nitrogens is 1. The van der Waals surface area contributed by atoms with Crippen molar-refractivity contribution in [1.29, 1.82) is 0 Å². The van der Waals surface area contributed by atoms with Crippen molar-refractivity contribution in [2.24, 2.45) is 11.8 Å². The second-order valence-corrected chi connectivity index (χ2v) is 6.65. The maximum absolute atomic E-state index is 12.4. The summed E-state index contributed by atoms with van der Waals surface area (Å²) in [6.45, 7) is 2.08. The number of nitrogens with zero attached hydrogens (tertiary/aromatic N) is 2. The maximum Gasteiger partial charge on any atom is 0.233 e. The van der Waals surface area contributed by atoms with Crippen molar-refractivity contribution in [1.82, 2.24) is 15.2 Å². The van der Waals surface area contributed by atoms with Gasteiger partial charge in [0.15, 0.2) is 0 Å². The SMILES string of the molecule is CC(NC(=O)CCN1C(=O)C2CCCCC2C1=O)c1ccncc1. The number of nitrogens with one attached hydrogen (secondary N) is 1. The third kappa shape index (κ3) is 3.32. The van der Waals surface area contributed by atoms with Crippen LogP contribution in [0.5, 0.6) is 0 Å². The Balaban J connectivity index is 1.53. The van der Waals surface area contributed by atoms with Gasteiger partial charge in [-0.05, 0) is 37.5 Å². The Morgan fingerprint density at radius 2 is 1.79 bits per heavy atom. The van der Waals surface area contributed by atoms with E-state index in [0.717, 1.165) is 31.2 Å². The topological polar surface area (TPSA) is 79.4 Å². The van der Waals surface area contributed by atoms with Gasteiger partial charge in [0, 0.05) is 25.4 Å². The number of fused-ring (bicyclic) bond motifs is 1. The van der Waals surface area contributed by atoms with Crippen LogP contribution in [-0.2, 0) is 14.4 Å². The van der Waals surface area contributed by atoms with Gasteiger partial charge in [0.1, 0.15) is 0 Å². The van der Waals surface area contributed by atoms with E-state index in [0.29, 0.717) is 0 Å². The minimum absolute atomic E-state index is 0.0836. The fraction of sp³-hybridized carbons (Fsp3) is 0.556. The molecule has 0 radical (unpaired) electrons. The van der Waals surface area contributed by atoms with E-state index in [-0.39, 0.29) is 48.6 Å². The van der Waals surface area contributed by atoms with Crippen molar-refractivity contribution in [3.8, 4) is 0 Å². The summed E-state index contributed by atoms with van der Waals surface area (Å²) >= 11 is 0. The van der Waals surface area contributed by atoms with Gasteiger partial charge >= 0.3 is 0 Å². The van der Waals surface area contributed by atoms with Gasteiger partial charge in [0.2, 0.25) is 17.7 Å². The Kier molecular flexibility index (Phi) is 4.92. The van der Waals surface area contributed by atoms with Gasteiger partial charge in [0.05, 0.1) is 17.9 Å². The fourth-order valence-corrected chi connectivity index (χ4v) is 3.71. The van der Waals surface area contributed by atoms with E-state index in [9.17, 15) is 14.4 Å². The maximum atomic E-state index is 12.4. The van der Waals surface area contributed by atoms with Gasteiger partial charge in [-0.2, -0.15) is 0 Å². The molecule has 3 atom stereocenters. The first-order valence-electron chi connectivity index (χ1n) is 8.62. The van der Waals surface area contributed by atoms with Gasteiger partial charge in [-0.25, -0.2) is 0 Å². The van der Waals surface area contributed by atoms with E-state index < -0.39 is 0 Å². The lowest BCUT2D eigenvalue weighted by Gasteiger charge is -2.19. The van der Waals surface area contributed by atoms with E-state index in [1.54, 1.807) is 12.4 Å². The largest absolute Gasteiger partial charge is 0.350 e. The highest BCUT2D eigenvalue weighted by molar-refractivity contribution is 6.05. The Morgan fingerprint density at radius 1 is 1.21 bits per heavy atom. The van der Waals surface area contributed by atoms with E-state index in [1.807, 2.05) is 19.1 Å². The van der Waals surface area contributed by atoms with Crippen LogP contribution in [0.15, 0.2) is 24.5 Å². The molecule has 3 amide bonds. The van der Waals surface area contributed by atoms with E-state index in [2.05, 4.69) is 10.3 Å². The summed E-state index contributed by atoms with van der Waals surface area (Å²) in [7, 11) is 0. The highest BCUT2D eigenvalue weighted by atomic mass is 16.2. The smallest absolute Gasteiger partial charge is 0.233 e. The summed E-state index contributed by atoms with van der Waals surface area (Å²) in [4.78, 5) is 42.1. The Hall–Kier alpha value is -2.24. The van der Waals surface area contributed by atoms with Crippen molar-refractivity contribution >= 4 is 17.7 Å². The Morgan fingerprint density at radius 3 is 2.38 bits per heavy atom. The molecule has 1 saturated carbocycles. The van der Waals surface area contributed by atoms with E-state index >= 15 is 0 Å². The van der Waals surface area contributed by atoms with Crippen LogP contribution in [-0.4, -0.2) is 34.2 Å². The zero-order chi connectivity index (χ0) is 17.1. The van der Waals surface area contributed by atoms with Crippen LogP contribution in [0.2, 0.25) is 0 Å². The summed E-state index contributed by atoms with van der Waals surface area (Å²) in [5.41, 5.74) is 0.970. The number of imide groups is 1. The highest BCUT2D eigenvalue weighted by Crippen LogP contribution is 2.37. The van der Waals surface area contributed by atoms with E-state index in [4.69, 9.17) is 0 Å². The summed E-state index contributed by atoms with van der Waals surface area (Å²) in [6, 6.07) is 3.57. The Bertz CT molecular complexity index is 608. The van der Waals surface area contributed by atoms with Crippen LogP contribution in [0.25, 0.3) is 0 Å². The van der Waals surface area contributed by atoms with Crippen LogP contribution in [0.1, 0.15) is 50.6 Å². The van der Waals surface area contributed by atoms with Crippen LogP contribution in [0.4, 0.5) is 0 Å². The quantitative estimate of drug-likeness (QED) is 0.836. The number of rotatable bonds is 5. The molecular formula is C18H23N3O3. The predicted molar refractivity (Wildman–Crippen MR) is 87.6 cm³/mol. The number of amides is 3. The van der Waals surface area contributed by atoms with Gasteiger partial charge in [-0.3, -0.25) is 24.3 Å². The van der Waals surface area contributed by atoms with Crippen LogP contribution < -0.4 is 5.32 Å². The highest BCUT2D eigenvalue weighted by Gasteiger charge is 2.47. The summed E-state index contributed by atoms with van der Waals surface area (Å²) in [5, 5.41) is 2.90. The minimum atomic E-state index is -0.158. The molecule has 6 heteroatoms. The zero-order valence-corrected chi connectivity index (χ0v) is 13.9. The molecule has 1 saturated heterocycles. The molecule has 0 bridgehead atoms. The standard InChI is InChI=1S/C18H23N3O3/c1-12(13-6-9-19-10-7-13)20-16(22)8-11-21-17(23)14-4-2-3-5-15(14)18(21)24/h6-7,9-10,12,14-15H,2-5,8,11H2,1H3,(H,20,22). The summed E-state index contributed by atoms with van der Waals surface area (Å²) in [5.74, 6) is -0.621. The van der Waals surface area contributed by atoms with Crippen LogP contribution >= 0.6 is 0 Å². The first-order valence-corrected chi connectivity index (χ1v) is 8.62. The zero-order valence-electron chi connectivity index (χ0n) is 13.9. The molecule has 24 heavy (non-hydrogen) atoms. The lowest BCUT2D eigenvalue weighted by molar-refractivity contribution is -0.140. The molecule has 2 aliphatic rings. The van der Waals surface area contributed by atoms with Crippen molar-refractivity contribution in [2.45, 2.75) is 45.1 Å². The summed E-state index contributed by atoms with van der Waals surface area (Å²) < 4.78 is 0. The molecule has 6 nitrogen and oxygen atoms in total. The molecule has 0 spiro atoms. The van der Waals surface area contributed by atoms with E-state index in [1.165, 1.54) is 4.90 Å². The molecule has 3 unspecified atom stereocenters. The molecule has 1 aromatic heterocycles. The second kappa shape index (κ2) is 7.11. The third-order valence-electron chi connectivity index (χ3n) is 5.08. The first kappa shape index (κ1) is 16.6. The average Bonchev–Trinajstić information content (AvgIpc) is 2.85. The van der Waals surface area contributed by atoms with Crippen molar-refractivity contribution < 1.29 is 14.4 Å². The second-order valence-electron chi connectivity index (χ2n) is 6.65. The van der Waals surface area contributed by atoms with Gasteiger partial charge in [0.25, 0.3) is 0 Å². The molecule has 1 aliphatic heterocycles. The number of carbonyl (C=O) groups is 3. The minimum Gasteiger partial charge on any atom is -0.350 e. The molecule has 2 heterocycles. The van der Waals surface area contributed by atoms with Gasteiger partial charge in [-0.1, -0.05) is 12.8 Å². The number of carbonyl (C=O) groups excluding carboxylic acids is 3. The molecule has 128 valence electrons. The van der Waals surface area contributed by atoms with Crippen molar-refractivity contribution in [2.75, 3.05) is 6.54 Å². The number of hydrogen-bond donors (Lipinski definition) is 1. The van der Waals surface area contributed by atoms with Gasteiger partial charge < -0.3 is 5.32 Å². The monoisotopic (exact) mass is 329 g/mol. The molecule has 3 rings (SSSR count). The van der Waals surface area contributed by atoms with Crippen LogP contribution in [0.3, 0.4) is 0 Å². The molecule has 2 fully saturated rings. The van der Waals surface area contributed by atoms with Crippen molar-refractivity contribution in [3.63, 3.8) is 0 Å². The normalized spacial score (nSPS) is 24.6. The average molecular weight is 329 g/mol. The van der Waals surface area contributed by atoms with Crippen molar-refractivity contribution in [3.05, 3.63) is 30.1 Å². The first-order chi connectivity index (χ1) is 11.6. The van der Waals surface area contributed by atoms with Crippen LogP contribution in [0, 0.1) is 11.8 Å².